The fourth-order valence-corrected chi connectivity index (χ4v) is 4.13. The van der Waals surface area contributed by atoms with Gasteiger partial charge in [-0.1, -0.05) is 30.3 Å². The number of hydrogen-bond acceptors (Lipinski definition) is 4. The number of halogens is 1. The third-order valence-corrected chi connectivity index (χ3v) is 5.57. The number of hydrogen-bond donors (Lipinski definition) is 2. The van der Waals surface area contributed by atoms with Crippen molar-refractivity contribution in [2.75, 3.05) is 31.6 Å². The molecule has 2 heterocycles. The second-order valence-electron chi connectivity index (χ2n) is 8.45. The molecule has 2 N–H and O–H groups in total. The number of nitrogens with zero attached hydrogens (tertiary/aromatic N) is 2. The molecule has 172 valence electrons. The average molecular weight is 550 g/mol. The number of ether oxygens (including phenoxy) is 2. The first kappa shape index (κ1) is 24.2. The maximum absolute atomic E-state index is 12.3. The summed E-state index contributed by atoms with van der Waals surface area (Å²) in [5.41, 5.74) is 1.72. The van der Waals surface area contributed by atoms with E-state index in [-0.39, 0.29) is 48.1 Å². The number of benzene rings is 2. The second-order valence-corrected chi connectivity index (χ2v) is 8.45. The maximum Gasteiger partial charge on any atom is 0.265 e. The molecule has 1 unspecified atom stereocenters. The maximum atomic E-state index is 12.3. The molecule has 0 fully saturated rings. The molecule has 0 bridgehead atoms. The average Bonchev–Trinajstić information content (AvgIpc) is 2.76. The molecule has 8 heteroatoms. The van der Waals surface area contributed by atoms with E-state index in [1.54, 1.807) is 11.9 Å². The van der Waals surface area contributed by atoms with E-state index in [0.29, 0.717) is 13.1 Å². The Hall–Kier alpha value is -2.49. The van der Waals surface area contributed by atoms with Gasteiger partial charge in [-0.15, -0.1) is 24.0 Å². The van der Waals surface area contributed by atoms with Gasteiger partial charge >= 0.3 is 0 Å². The number of carbonyl (C=O) groups is 1. The van der Waals surface area contributed by atoms with Crippen molar-refractivity contribution in [2.45, 2.75) is 38.3 Å². The minimum Gasteiger partial charge on any atom is -0.487 e. The standard InChI is InChI=1S/C24H30N4O3.HI/c1-24(2)15-18(17-9-4-6-11-20(17)31-24)27-23(25-3)26-13-8-14-28-19-10-5-7-12-21(19)30-16-22(28)29;/h4-7,9-12,18H,8,13-16H2,1-3H3,(H2,25,26,27);1H. The van der Waals surface area contributed by atoms with Crippen molar-refractivity contribution in [2.24, 2.45) is 4.99 Å². The van der Waals surface area contributed by atoms with Crippen molar-refractivity contribution in [1.82, 2.24) is 10.6 Å². The Balaban J connectivity index is 0.00000289. The highest BCUT2D eigenvalue weighted by Gasteiger charge is 2.34. The van der Waals surface area contributed by atoms with Crippen LogP contribution >= 0.6 is 24.0 Å². The molecule has 2 aliphatic heterocycles. The number of amides is 1. The van der Waals surface area contributed by atoms with Gasteiger partial charge < -0.3 is 25.0 Å². The molecule has 0 saturated heterocycles. The molecule has 4 rings (SSSR count). The van der Waals surface area contributed by atoms with Crippen LogP contribution in [-0.2, 0) is 4.79 Å². The number of anilines is 1. The highest BCUT2D eigenvalue weighted by molar-refractivity contribution is 14.0. The van der Waals surface area contributed by atoms with E-state index in [1.165, 1.54) is 0 Å². The van der Waals surface area contributed by atoms with Gasteiger partial charge in [0.25, 0.3) is 5.91 Å². The van der Waals surface area contributed by atoms with Gasteiger partial charge in [-0.3, -0.25) is 9.79 Å². The summed E-state index contributed by atoms with van der Waals surface area (Å²) in [6.07, 6.45) is 1.63. The molecule has 0 aliphatic carbocycles. The highest BCUT2D eigenvalue weighted by Crippen LogP contribution is 2.39. The molecule has 1 atom stereocenters. The molecule has 0 spiro atoms. The van der Waals surface area contributed by atoms with Gasteiger partial charge in [-0.05, 0) is 38.5 Å². The van der Waals surface area contributed by atoms with Crippen LogP contribution in [0.25, 0.3) is 0 Å². The van der Waals surface area contributed by atoms with E-state index in [2.05, 4.69) is 35.5 Å². The second kappa shape index (κ2) is 10.4. The summed E-state index contributed by atoms with van der Waals surface area (Å²) in [6.45, 7) is 5.61. The SMILES string of the molecule is CN=C(NCCCN1C(=O)COc2ccccc21)NC1CC(C)(C)Oc2ccccc21.I. The van der Waals surface area contributed by atoms with Crippen LogP contribution < -0.4 is 25.0 Å². The zero-order valence-electron chi connectivity index (χ0n) is 18.8. The van der Waals surface area contributed by atoms with Crippen LogP contribution in [0.1, 0.15) is 38.3 Å². The number of nitrogens with one attached hydrogen (secondary N) is 2. The lowest BCUT2D eigenvalue weighted by atomic mass is 9.90. The quantitative estimate of drug-likeness (QED) is 0.256. The fourth-order valence-electron chi connectivity index (χ4n) is 4.13. The monoisotopic (exact) mass is 550 g/mol. The van der Waals surface area contributed by atoms with Gasteiger partial charge in [0.2, 0.25) is 0 Å². The zero-order valence-corrected chi connectivity index (χ0v) is 21.1. The third kappa shape index (κ3) is 5.46. The van der Waals surface area contributed by atoms with Gasteiger partial charge in [-0.25, -0.2) is 0 Å². The summed E-state index contributed by atoms with van der Waals surface area (Å²) in [6, 6.07) is 15.9. The van der Waals surface area contributed by atoms with Crippen LogP contribution in [0.2, 0.25) is 0 Å². The Kier molecular flexibility index (Phi) is 7.86. The number of carbonyl (C=O) groups excluding carboxylic acids is 1. The summed E-state index contributed by atoms with van der Waals surface area (Å²) in [4.78, 5) is 18.5. The van der Waals surface area contributed by atoms with Crippen molar-refractivity contribution in [3.8, 4) is 11.5 Å². The predicted octanol–water partition coefficient (Wildman–Crippen LogP) is 3.89. The van der Waals surface area contributed by atoms with Crippen molar-refractivity contribution in [3.63, 3.8) is 0 Å². The van der Waals surface area contributed by atoms with Crippen LogP contribution in [0.15, 0.2) is 53.5 Å². The summed E-state index contributed by atoms with van der Waals surface area (Å²) >= 11 is 0. The Morgan fingerprint density at radius 2 is 1.88 bits per heavy atom. The Morgan fingerprint density at radius 3 is 2.66 bits per heavy atom. The van der Waals surface area contributed by atoms with E-state index < -0.39 is 0 Å². The molecular formula is C24H31IN4O3. The molecule has 1 amide bonds. The molecule has 7 nitrogen and oxygen atoms in total. The van der Waals surface area contributed by atoms with Gasteiger partial charge in [0.1, 0.15) is 17.1 Å². The summed E-state index contributed by atoms with van der Waals surface area (Å²) in [7, 11) is 1.77. The molecule has 0 aromatic heterocycles. The Labute approximate surface area is 206 Å². The van der Waals surface area contributed by atoms with E-state index in [0.717, 1.165) is 41.6 Å². The number of para-hydroxylation sites is 3. The smallest absolute Gasteiger partial charge is 0.265 e. The lowest BCUT2D eigenvalue weighted by Crippen LogP contribution is -2.46. The van der Waals surface area contributed by atoms with E-state index in [9.17, 15) is 4.79 Å². The third-order valence-electron chi connectivity index (χ3n) is 5.57. The van der Waals surface area contributed by atoms with Crippen LogP contribution in [0.4, 0.5) is 5.69 Å². The molecular weight excluding hydrogens is 519 g/mol. The number of guanidine groups is 1. The molecule has 0 radical (unpaired) electrons. The lowest BCUT2D eigenvalue weighted by Gasteiger charge is -2.38. The number of rotatable bonds is 5. The largest absolute Gasteiger partial charge is 0.487 e. The van der Waals surface area contributed by atoms with Gasteiger partial charge in [0.05, 0.1) is 11.7 Å². The van der Waals surface area contributed by atoms with Crippen molar-refractivity contribution >= 4 is 41.5 Å². The van der Waals surface area contributed by atoms with Crippen LogP contribution in [0, 0.1) is 0 Å². The number of fused-ring (bicyclic) bond motifs is 2. The fraction of sp³-hybridized carbons (Fsp3) is 0.417. The molecule has 0 saturated carbocycles. The van der Waals surface area contributed by atoms with Gasteiger partial charge in [0, 0.05) is 32.1 Å². The molecule has 2 aromatic carbocycles. The topological polar surface area (TPSA) is 75.2 Å². The summed E-state index contributed by atoms with van der Waals surface area (Å²) in [5, 5.41) is 6.92. The highest BCUT2D eigenvalue weighted by atomic mass is 127. The molecule has 2 aromatic rings. The summed E-state index contributed by atoms with van der Waals surface area (Å²) in [5.74, 6) is 2.40. The van der Waals surface area contributed by atoms with Crippen molar-refractivity contribution < 1.29 is 14.3 Å². The minimum atomic E-state index is -0.255. The minimum absolute atomic E-state index is 0. The Bertz CT molecular complexity index is 979. The Morgan fingerprint density at radius 1 is 1.16 bits per heavy atom. The van der Waals surface area contributed by atoms with Gasteiger partial charge in [0.15, 0.2) is 12.6 Å². The van der Waals surface area contributed by atoms with E-state index >= 15 is 0 Å². The first-order valence-corrected chi connectivity index (χ1v) is 10.7. The number of aliphatic imine (C=N–C) groups is 1. The normalized spacial score (nSPS) is 19.0. The zero-order chi connectivity index (χ0) is 21.8. The van der Waals surface area contributed by atoms with E-state index in [1.807, 2.05) is 42.5 Å². The first-order valence-electron chi connectivity index (χ1n) is 10.7. The van der Waals surface area contributed by atoms with Crippen molar-refractivity contribution in [3.05, 3.63) is 54.1 Å². The van der Waals surface area contributed by atoms with Crippen LogP contribution in [0.3, 0.4) is 0 Å². The summed E-state index contributed by atoms with van der Waals surface area (Å²) < 4.78 is 11.6. The van der Waals surface area contributed by atoms with Crippen molar-refractivity contribution in [1.29, 1.82) is 0 Å². The lowest BCUT2D eigenvalue weighted by molar-refractivity contribution is -0.121. The van der Waals surface area contributed by atoms with E-state index in [4.69, 9.17) is 9.47 Å². The molecule has 2 aliphatic rings. The van der Waals surface area contributed by atoms with Gasteiger partial charge in [-0.2, -0.15) is 0 Å². The van der Waals surface area contributed by atoms with Crippen LogP contribution in [0.5, 0.6) is 11.5 Å². The molecule has 32 heavy (non-hydrogen) atoms. The predicted molar refractivity (Wildman–Crippen MR) is 137 cm³/mol. The van der Waals surface area contributed by atoms with Crippen LogP contribution in [-0.4, -0.2) is 44.2 Å². The first-order chi connectivity index (χ1) is 15.0.